The van der Waals surface area contributed by atoms with Crippen LogP contribution in [0, 0.1) is 0 Å². The molecule has 0 aromatic heterocycles. The summed E-state index contributed by atoms with van der Waals surface area (Å²) in [5, 5.41) is 6.42. The fourth-order valence-corrected chi connectivity index (χ4v) is 1.10. The third-order valence-corrected chi connectivity index (χ3v) is 1.96. The predicted octanol–water partition coefficient (Wildman–Crippen LogP) is 2.79. The van der Waals surface area contributed by atoms with E-state index in [0.717, 1.165) is 19.6 Å². The molecule has 0 aromatic carbocycles. The van der Waals surface area contributed by atoms with Crippen molar-refractivity contribution < 1.29 is 0 Å². The first-order valence-electron chi connectivity index (χ1n) is 6.24. The van der Waals surface area contributed by atoms with Gasteiger partial charge < -0.3 is 10.6 Å². The minimum atomic E-state index is 1.09. The molecule has 0 bridgehead atoms. The number of hydrogen-bond donors (Lipinski definition) is 2. The molecule has 0 fully saturated rings. The summed E-state index contributed by atoms with van der Waals surface area (Å²) in [5.41, 5.74) is 0. The van der Waals surface area contributed by atoms with Crippen LogP contribution in [0.15, 0.2) is 0 Å². The molecule has 0 atom stereocenters. The van der Waals surface area contributed by atoms with Crippen LogP contribution in [0.25, 0.3) is 0 Å². The van der Waals surface area contributed by atoms with Gasteiger partial charge in [-0.1, -0.05) is 47.0 Å². The Morgan fingerprint density at radius 3 is 1.57 bits per heavy atom. The Morgan fingerprint density at radius 1 is 0.643 bits per heavy atom. The van der Waals surface area contributed by atoms with Gasteiger partial charge in [0.2, 0.25) is 0 Å². The molecule has 14 heavy (non-hydrogen) atoms. The second kappa shape index (κ2) is 18.7. The topological polar surface area (TPSA) is 24.1 Å². The molecule has 2 heteroatoms. The van der Waals surface area contributed by atoms with Gasteiger partial charge in [-0.05, 0) is 32.6 Å². The zero-order valence-corrected chi connectivity index (χ0v) is 10.7. The molecule has 2 nitrogen and oxygen atoms in total. The van der Waals surface area contributed by atoms with E-state index < -0.39 is 0 Å². The smallest absolute Gasteiger partial charge is 0.00490 e. The van der Waals surface area contributed by atoms with Crippen LogP contribution in [-0.4, -0.2) is 26.2 Å². The van der Waals surface area contributed by atoms with Crippen LogP contribution in [0.2, 0.25) is 0 Å². The third kappa shape index (κ3) is 22.7. The maximum atomic E-state index is 3.31. The number of unbranched alkanes of at least 4 members (excludes halogenated alkanes) is 3. The number of rotatable bonds is 8. The molecular formula is C12H30N2. The van der Waals surface area contributed by atoms with E-state index in [1.807, 2.05) is 0 Å². The molecule has 0 saturated carbocycles. The lowest BCUT2D eigenvalue weighted by atomic mass is 10.2. The Kier molecular flexibility index (Phi) is 21.8. The zero-order chi connectivity index (χ0) is 11.1. The second-order valence-corrected chi connectivity index (χ2v) is 3.37. The molecule has 0 amide bonds. The standard InChI is InChI=1S/C8H19N.C4H11N/c1-3-5-6-7-8-9-4-2;1-3-5-4-2/h9H,3-8H2,1-2H3;5H,3-4H2,1-2H3. The quantitative estimate of drug-likeness (QED) is 0.591. The van der Waals surface area contributed by atoms with Gasteiger partial charge in [-0.25, -0.2) is 0 Å². The lowest BCUT2D eigenvalue weighted by Gasteiger charge is -1.98. The van der Waals surface area contributed by atoms with Crippen LogP contribution >= 0.6 is 0 Å². The molecule has 0 aliphatic carbocycles. The van der Waals surface area contributed by atoms with Crippen molar-refractivity contribution in [2.24, 2.45) is 0 Å². The first-order chi connectivity index (χ1) is 6.83. The molecule has 0 unspecified atom stereocenters. The highest BCUT2D eigenvalue weighted by Crippen LogP contribution is 1.96. The van der Waals surface area contributed by atoms with Gasteiger partial charge in [0, 0.05) is 0 Å². The van der Waals surface area contributed by atoms with Crippen molar-refractivity contribution in [2.75, 3.05) is 26.2 Å². The molecule has 0 rings (SSSR count). The molecule has 0 saturated heterocycles. The van der Waals surface area contributed by atoms with Crippen LogP contribution in [0.3, 0.4) is 0 Å². The Bertz CT molecular complexity index is 66.7. The van der Waals surface area contributed by atoms with Crippen molar-refractivity contribution in [3.8, 4) is 0 Å². The van der Waals surface area contributed by atoms with Crippen LogP contribution < -0.4 is 10.6 Å². The van der Waals surface area contributed by atoms with E-state index in [2.05, 4.69) is 38.3 Å². The van der Waals surface area contributed by atoms with E-state index in [-0.39, 0.29) is 0 Å². The lowest BCUT2D eigenvalue weighted by molar-refractivity contribution is 0.611. The summed E-state index contributed by atoms with van der Waals surface area (Å²) in [6, 6.07) is 0. The predicted molar refractivity (Wildman–Crippen MR) is 66.9 cm³/mol. The van der Waals surface area contributed by atoms with Crippen molar-refractivity contribution in [1.82, 2.24) is 10.6 Å². The Labute approximate surface area is 90.9 Å². The van der Waals surface area contributed by atoms with Crippen LogP contribution in [-0.2, 0) is 0 Å². The van der Waals surface area contributed by atoms with Gasteiger partial charge in [-0.2, -0.15) is 0 Å². The van der Waals surface area contributed by atoms with E-state index in [1.54, 1.807) is 0 Å². The van der Waals surface area contributed by atoms with Gasteiger partial charge in [0.15, 0.2) is 0 Å². The summed E-state index contributed by atoms with van der Waals surface area (Å²) in [7, 11) is 0. The maximum absolute atomic E-state index is 3.31. The fraction of sp³-hybridized carbons (Fsp3) is 1.00. The second-order valence-electron chi connectivity index (χ2n) is 3.37. The Morgan fingerprint density at radius 2 is 1.21 bits per heavy atom. The van der Waals surface area contributed by atoms with Crippen molar-refractivity contribution in [3.63, 3.8) is 0 Å². The summed E-state index contributed by atoms with van der Waals surface area (Å²) in [6.45, 7) is 13.1. The van der Waals surface area contributed by atoms with E-state index in [9.17, 15) is 0 Å². The molecule has 0 aliphatic rings. The summed E-state index contributed by atoms with van der Waals surface area (Å²) in [4.78, 5) is 0. The lowest BCUT2D eigenvalue weighted by Crippen LogP contribution is -2.13. The minimum absolute atomic E-state index is 1.09. The zero-order valence-electron chi connectivity index (χ0n) is 10.7. The largest absolute Gasteiger partial charge is 0.317 e. The van der Waals surface area contributed by atoms with Crippen LogP contribution in [0.4, 0.5) is 0 Å². The van der Waals surface area contributed by atoms with Crippen molar-refractivity contribution in [2.45, 2.75) is 53.4 Å². The third-order valence-electron chi connectivity index (χ3n) is 1.96. The van der Waals surface area contributed by atoms with E-state index >= 15 is 0 Å². The average molecular weight is 202 g/mol. The highest BCUT2D eigenvalue weighted by molar-refractivity contribution is 4.44. The van der Waals surface area contributed by atoms with Gasteiger partial charge in [0.25, 0.3) is 0 Å². The SMILES string of the molecule is CCCCCCNCC.CCNCC. The highest BCUT2D eigenvalue weighted by atomic mass is 14.8. The molecule has 0 radical (unpaired) electrons. The Balaban J connectivity index is 0. The molecular weight excluding hydrogens is 172 g/mol. The summed E-state index contributed by atoms with van der Waals surface area (Å²) in [6.07, 6.45) is 5.47. The maximum Gasteiger partial charge on any atom is -0.00490 e. The van der Waals surface area contributed by atoms with Gasteiger partial charge in [-0.15, -0.1) is 0 Å². The molecule has 0 aromatic rings. The van der Waals surface area contributed by atoms with Crippen LogP contribution in [0.5, 0.6) is 0 Å². The first-order valence-corrected chi connectivity index (χ1v) is 6.24. The van der Waals surface area contributed by atoms with E-state index in [1.165, 1.54) is 32.2 Å². The average Bonchev–Trinajstić information content (AvgIpc) is 2.20. The summed E-state index contributed by atoms with van der Waals surface area (Å²) in [5.74, 6) is 0. The molecule has 0 heterocycles. The van der Waals surface area contributed by atoms with Gasteiger partial charge in [-0.3, -0.25) is 0 Å². The first kappa shape index (κ1) is 16.4. The van der Waals surface area contributed by atoms with E-state index in [0.29, 0.717) is 0 Å². The van der Waals surface area contributed by atoms with Crippen molar-refractivity contribution in [1.29, 1.82) is 0 Å². The Hall–Kier alpha value is -0.0800. The summed E-state index contributed by atoms with van der Waals surface area (Å²) >= 11 is 0. The molecule has 0 spiro atoms. The molecule has 0 aliphatic heterocycles. The summed E-state index contributed by atoms with van der Waals surface area (Å²) < 4.78 is 0. The number of nitrogens with one attached hydrogen (secondary N) is 2. The van der Waals surface area contributed by atoms with E-state index in [4.69, 9.17) is 0 Å². The fourth-order valence-electron chi connectivity index (χ4n) is 1.10. The van der Waals surface area contributed by atoms with Crippen molar-refractivity contribution >= 4 is 0 Å². The van der Waals surface area contributed by atoms with Crippen LogP contribution in [0.1, 0.15) is 53.4 Å². The molecule has 88 valence electrons. The van der Waals surface area contributed by atoms with Gasteiger partial charge in [0.1, 0.15) is 0 Å². The van der Waals surface area contributed by atoms with Crippen molar-refractivity contribution in [3.05, 3.63) is 0 Å². The number of hydrogen-bond acceptors (Lipinski definition) is 2. The van der Waals surface area contributed by atoms with Gasteiger partial charge in [0.05, 0.1) is 0 Å². The highest BCUT2D eigenvalue weighted by Gasteiger charge is 1.84. The molecule has 2 N–H and O–H groups in total. The minimum Gasteiger partial charge on any atom is -0.317 e. The monoisotopic (exact) mass is 202 g/mol. The normalized spacial score (nSPS) is 9.43. The van der Waals surface area contributed by atoms with Gasteiger partial charge >= 0.3 is 0 Å².